The molecule has 0 fully saturated rings. The molecule has 0 saturated heterocycles. The Labute approximate surface area is 102 Å². The van der Waals surface area contributed by atoms with Crippen LogP contribution in [-0.4, -0.2) is 12.1 Å². The number of alkyl halides is 6. The predicted molar refractivity (Wildman–Crippen MR) is 51.1 cm³/mol. The number of carbonyl (C=O) groups excluding carboxylic acids is 1. The lowest BCUT2D eigenvalue weighted by atomic mass is 10.2. The average molecular weight is 292 g/mol. The lowest BCUT2D eigenvalue weighted by Crippen LogP contribution is -2.30. The summed E-state index contributed by atoms with van der Waals surface area (Å²) in [6.07, 6.45) is -9.82. The second-order valence-corrected chi connectivity index (χ2v) is 3.55. The second kappa shape index (κ2) is 4.68. The van der Waals surface area contributed by atoms with E-state index in [1.807, 2.05) is 0 Å². The van der Waals surface area contributed by atoms with Gasteiger partial charge in [0.05, 0.1) is 16.3 Å². The van der Waals surface area contributed by atoms with Crippen LogP contribution in [0.5, 0.6) is 0 Å². The van der Waals surface area contributed by atoms with Gasteiger partial charge in [0.2, 0.25) is 0 Å². The monoisotopic (exact) mass is 291 g/mol. The highest BCUT2D eigenvalue weighted by atomic mass is 35.5. The van der Waals surface area contributed by atoms with Gasteiger partial charge in [-0.2, -0.15) is 26.3 Å². The van der Waals surface area contributed by atoms with Gasteiger partial charge in [0.15, 0.2) is 0 Å². The highest BCUT2D eigenvalue weighted by Crippen LogP contribution is 2.34. The van der Waals surface area contributed by atoms with Gasteiger partial charge in [0, 0.05) is 0 Å². The number of carbonyl (C=O) groups is 1. The first-order valence-corrected chi connectivity index (χ1v) is 4.64. The largest absolute Gasteiger partial charge is 0.471 e. The maximum atomic E-state index is 12.2. The van der Waals surface area contributed by atoms with Crippen LogP contribution in [0.3, 0.4) is 0 Å². The maximum Gasteiger partial charge on any atom is 0.471 e. The van der Waals surface area contributed by atoms with Gasteiger partial charge in [-0.15, -0.1) is 0 Å². The fraction of sp³-hybridized carbons (Fsp3) is 0.222. The first kappa shape index (κ1) is 14.6. The molecule has 18 heavy (non-hydrogen) atoms. The summed E-state index contributed by atoms with van der Waals surface area (Å²) < 4.78 is 72.4. The van der Waals surface area contributed by atoms with E-state index in [1.54, 1.807) is 0 Å². The van der Waals surface area contributed by atoms with E-state index in [4.69, 9.17) is 11.6 Å². The van der Waals surface area contributed by atoms with Crippen molar-refractivity contribution in [3.8, 4) is 0 Å². The molecule has 0 aromatic heterocycles. The van der Waals surface area contributed by atoms with Crippen molar-refractivity contribution in [2.75, 3.05) is 5.32 Å². The molecule has 0 aliphatic rings. The SMILES string of the molecule is O=C(Nc1ccc(C(F)(F)F)cc1Cl)C(F)(F)F. The molecule has 9 heteroatoms. The molecule has 0 saturated carbocycles. The van der Waals surface area contributed by atoms with E-state index in [0.717, 1.165) is 0 Å². The molecule has 0 unspecified atom stereocenters. The Morgan fingerprint density at radius 1 is 1.11 bits per heavy atom. The number of halogens is 7. The van der Waals surface area contributed by atoms with E-state index >= 15 is 0 Å². The summed E-state index contributed by atoms with van der Waals surface area (Å²) >= 11 is 5.35. The molecular formula is C9H4ClF6NO. The van der Waals surface area contributed by atoms with Crippen LogP contribution in [0.25, 0.3) is 0 Å². The normalized spacial score (nSPS) is 12.4. The average Bonchev–Trinajstić information content (AvgIpc) is 2.17. The standard InChI is InChI=1S/C9H4ClF6NO/c10-5-3-4(8(11,12)13)1-2-6(5)17-7(18)9(14,15)16/h1-3H,(H,17,18). The summed E-state index contributed by atoms with van der Waals surface area (Å²) in [5.74, 6) is -2.32. The molecule has 1 aromatic rings. The van der Waals surface area contributed by atoms with Gasteiger partial charge in [0.25, 0.3) is 0 Å². The molecule has 1 aromatic carbocycles. The van der Waals surface area contributed by atoms with Crippen LogP contribution in [0.2, 0.25) is 5.02 Å². The minimum absolute atomic E-state index is 0.424. The van der Waals surface area contributed by atoms with E-state index in [2.05, 4.69) is 0 Å². The Kier molecular flexibility index (Phi) is 3.80. The van der Waals surface area contributed by atoms with E-state index < -0.39 is 34.5 Å². The Balaban J connectivity index is 2.98. The van der Waals surface area contributed by atoms with E-state index in [1.165, 1.54) is 5.32 Å². The first-order chi connectivity index (χ1) is 8.01. The fourth-order valence-electron chi connectivity index (χ4n) is 0.986. The molecule has 1 amide bonds. The van der Waals surface area contributed by atoms with E-state index in [9.17, 15) is 31.1 Å². The van der Waals surface area contributed by atoms with E-state index in [-0.39, 0.29) is 0 Å². The van der Waals surface area contributed by atoms with Crippen LogP contribution in [-0.2, 0) is 11.0 Å². The van der Waals surface area contributed by atoms with Gasteiger partial charge in [-0.25, -0.2) is 0 Å². The third-order valence-corrected chi connectivity index (χ3v) is 2.11. The molecule has 0 spiro atoms. The molecule has 1 N–H and O–H groups in total. The summed E-state index contributed by atoms with van der Waals surface area (Å²) in [5, 5.41) is 0.729. The van der Waals surface area contributed by atoms with Gasteiger partial charge in [0.1, 0.15) is 0 Å². The Morgan fingerprint density at radius 3 is 2.06 bits per heavy atom. The molecule has 0 aliphatic heterocycles. The lowest BCUT2D eigenvalue weighted by Gasteiger charge is -2.12. The van der Waals surface area contributed by atoms with Crippen molar-refractivity contribution in [3.63, 3.8) is 0 Å². The number of anilines is 1. The molecule has 0 heterocycles. The Bertz CT molecular complexity index is 467. The zero-order valence-electron chi connectivity index (χ0n) is 8.29. The van der Waals surface area contributed by atoms with Crippen molar-refractivity contribution in [1.82, 2.24) is 0 Å². The zero-order chi connectivity index (χ0) is 14.1. The summed E-state index contributed by atoms with van der Waals surface area (Å²) in [6, 6.07) is 1.58. The number of nitrogens with one attached hydrogen (secondary N) is 1. The smallest absolute Gasteiger partial charge is 0.317 e. The lowest BCUT2D eigenvalue weighted by molar-refractivity contribution is -0.167. The van der Waals surface area contributed by atoms with Crippen LogP contribution in [0.1, 0.15) is 5.56 Å². The third-order valence-electron chi connectivity index (χ3n) is 1.80. The van der Waals surface area contributed by atoms with Crippen LogP contribution in [0.15, 0.2) is 18.2 Å². The van der Waals surface area contributed by atoms with Crippen LogP contribution in [0, 0.1) is 0 Å². The van der Waals surface area contributed by atoms with Crippen LogP contribution < -0.4 is 5.32 Å². The molecule has 0 bridgehead atoms. The van der Waals surface area contributed by atoms with Crippen molar-refractivity contribution in [3.05, 3.63) is 28.8 Å². The van der Waals surface area contributed by atoms with Crippen molar-refractivity contribution in [1.29, 1.82) is 0 Å². The summed E-state index contributed by atoms with van der Waals surface area (Å²) in [5.41, 5.74) is -1.68. The van der Waals surface area contributed by atoms with Gasteiger partial charge in [-0.05, 0) is 18.2 Å². The number of hydrogen-bond donors (Lipinski definition) is 1. The fourth-order valence-corrected chi connectivity index (χ4v) is 1.21. The summed E-state index contributed by atoms with van der Waals surface area (Å²) in [7, 11) is 0. The summed E-state index contributed by atoms with van der Waals surface area (Å²) in [4.78, 5) is 10.6. The van der Waals surface area contributed by atoms with Crippen molar-refractivity contribution < 1.29 is 31.1 Å². The third kappa shape index (κ3) is 3.52. The molecule has 2 nitrogen and oxygen atoms in total. The van der Waals surface area contributed by atoms with Crippen LogP contribution in [0.4, 0.5) is 32.0 Å². The van der Waals surface area contributed by atoms with Gasteiger partial charge in [-0.1, -0.05) is 11.6 Å². The minimum Gasteiger partial charge on any atom is -0.317 e. The first-order valence-electron chi connectivity index (χ1n) is 4.27. The Hall–Kier alpha value is -1.44. The number of rotatable bonds is 1. The Morgan fingerprint density at radius 2 is 1.67 bits per heavy atom. The van der Waals surface area contributed by atoms with Crippen LogP contribution >= 0.6 is 11.6 Å². The number of benzene rings is 1. The molecule has 1 rings (SSSR count). The predicted octanol–water partition coefficient (Wildman–Crippen LogP) is 3.86. The molecular weight excluding hydrogens is 288 g/mol. The highest BCUT2D eigenvalue weighted by Gasteiger charge is 2.39. The van der Waals surface area contributed by atoms with Gasteiger partial charge >= 0.3 is 18.3 Å². The quantitative estimate of drug-likeness (QED) is 0.782. The molecule has 0 atom stereocenters. The van der Waals surface area contributed by atoms with Crippen molar-refractivity contribution in [2.45, 2.75) is 12.4 Å². The molecule has 0 aliphatic carbocycles. The molecule has 0 radical (unpaired) electrons. The van der Waals surface area contributed by atoms with Gasteiger partial charge < -0.3 is 5.32 Å². The van der Waals surface area contributed by atoms with E-state index in [0.29, 0.717) is 18.2 Å². The minimum atomic E-state index is -5.15. The number of hydrogen-bond acceptors (Lipinski definition) is 1. The summed E-state index contributed by atoms with van der Waals surface area (Å²) in [6.45, 7) is 0. The van der Waals surface area contributed by atoms with Gasteiger partial charge in [-0.3, -0.25) is 4.79 Å². The van der Waals surface area contributed by atoms with Crippen molar-refractivity contribution >= 4 is 23.2 Å². The zero-order valence-corrected chi connectivity index (χ0v) is 9.04. The highest BCUT2D eigenvalue weighted by molar-refractivity contribution is 6.33. The second-order valence-electron chi connectivity index (χ2n) is 3.14. The molecule has 100 valence electrons. The maximum absolute atomic E-state index is 12.2. The van der Waals surface area contributed by atoms with Crippen molar-refractivity contribution in [2.24, 2.45) is 0 Å². The number of amides is 1. The topological polar surface area (TPSA) is 29.1 Å².